The number of amides is 1. The molecule has 0 saturated heterocycles. The fourth-order valence-electron chi connectivity index (χ4n) is 2.10. The van der Waals surface area contributed by atoms with E-state index < -0.39 is 0 Å². The number of rotatable bonds is 6. The molecule has 0 unspecified atom stereocenters. The topological polar surface area (TPSA) is 41.1 Å². The molecule has 0 fully saturated rings. The van der Waals surface area contributed by atoms with E-state index >= 15 is 0 Å². The first-order chi connectivity index (χ1) is 10.6. The number of halogens is 2. The molecule has 0 saturated carbocycles. The van der Waals surface area contributed by atoms with E-state index in [0.717, 1.165) is 23.4 Å². The highest BCUT2D eigenvalue weighted by atomic mass is 35.5. The summed E-state index contributed by atoms with van der Waals surface area (Å²) in [5.41, 5.74) is 2.58. The second-order valence-corrected chi connectivity index (χ2v) is 5.74. The van der Waals surface area contributed by atoms with E-state index in [0.29, 0.717) is 16.6 Å². The van der Waals surface area contributed by atoms with Gasteiger partial charge in [0, 0.05) is 22.3 Å². The maximum absolute atomic E-state index is 12.2. The summed E-state index contributed by atoms with van der Waals surface area (Å²) in [5.74, 6) is -0.117. The maximum Gasteiger partial charge on any atom is 0.228 e. The molecule has 0 aromatic heterocycles. The van der Waals surface area contributed by atoms with Crippen molar-refractivity contribution in [2.45, 2.75) is 19.9 Å². The fraction of sp³-hybridized carbons (Fsp3) is 0.235. The molecule has 2 rings (SSSR count). The summed E-state index contributed by atoms with van der Waals surface area (Å²) in [6, 6.07) is 12.9. The van der Waals surface area contributed by atoms with Crippen LogP contribution in [0.1, 0.15) is 18.1 Å². The smallest absolute Gasteiger partial charge is 0.228 e. The summed E-state index contributed by atoms with van der Waals surface area (Å²) < 4.78 is 0. The lowest BCUT2D eigenvalue weighted by Crippen LogP contribution is -2.18. The Morgan fingerprint density at radius 3 is 2.64 bits per heavy atom. The first-order valence-electron chi connectivity index (χ1n) is 7.12. The summed E-state index contributed by atoms with van der Waals surface area (Å²) in [7, 11) is 0. The lowest BCUT2D eigenvalue weighted by atomic mass is 10.1. The van der Waals surface area contributed by atoms with Crippen LogP contribution in [0.25, 0.3) is 0 Å². The third-order valence-corrected chi connectivity index (χ3v) is 3.82. The third kappa shape index (κ3) is 4.73. The van der Waals surface area contributed by atoms with Crippen molar-refractivity contribution in [3.05, 3.63) is 63.6 Å². The van der Waals surface area contributed by atoms with E-state index in [1.54, 1.807) is 18.2 Å². The molecule has 0 spiro atoms. The minimum absolute atomic E-state index is 0.117. The summed E-state index contributed by atoms with van der Waals surface area (Å²) in [6.07, 6.45) is 0.189. The Kier molecular flexibility index (Phi) is 6.25. The van der Waals surface area contributed by atoms with Crippen LogP contribution in [0.5, 0.6) is 0 Å². The van der Waals surface area contributed by atoms with Crippen molar-refractivity contribution >= 4 is 34.8 Å². The largest absolute Gasteiger partial charge is 0.325 e. The molecule has 116 valence electrons. The van der Waals surface area contributed by atoms with Gasteiger partial charge < -0.3 is 10.6 Å². The standard InChI is InChI=1S/C17H18Cl2N2O/c1-2-20-11-12-5-3-4-6-16(12)21-17(22)10-13-9-14(18)7-8-15(13)19/h3-9,20H,2,10-11H2,1H3,(H,21,22). The van der Waals surface area contributed by atoms with Gasteiger partial charge in [-0.3, -0.25) is 4.79 Å². The maximum atomic E-state index is 12.2. The molecule has 1 amide bonds. The molecule has 0 heterocycles. The van der Waals surface area contributed by atoms with Gasteiger partial charge in [-0.25, -0.2) is 0 Å². The molecule has 0 atom stereocenters. The average Bonchev–Trinajstić information content (AvgIpc) is 2.50. The zero-order valence-corrected chi connectivity index (χ0v) is 13.8. The molecule has 0 aliphatic rings. The highest BCUT2D eigenvalue weighted by molar-refractivity contribution is 6.33. The van der Waals surface area contributed by atoms with Crippen LogP contribution in [-0.4, -0.2) is 12.5 Å². The summed E-state index contributed by atoms with van der Waals surface area (Å²) >= 11 is 12.0. The predicted molar refractivity (Wildman–Crippen MR) is 92.6 cm³/mol. The van der Waals surface area contributed by atoms with Gasteiger partial charge in [0.1, 0.15) is 0 Å². The Hall–Kier alpha value is -1.55. The van der Waals surface area contributed by atoms with Crippen LogP contribution in [0.15, 0.2) is 42.5 Å². The zero-order valence-electron chi connectivity index (χ0n) is 12.3. The molecule has 0 bridgehead atoms. The van der Waals surface area contributed by atoms with Crippen molar-refractivity contribution in [3.8, 4) is 0 Å². The normalized spacial score (nSPS) is 10.5. The molecule has 0 aliphatic heterocycles. The highest BCUT2D eigenvalue weighted by Gasteiger charge is 2.10. The van der Waals surface area contributed by atoms with Gasteiger partial charge in [-0.1, -0.05) is 48.3 Å². The Morgan fingerprint density at radius 1 is 1.09 bits per heavy atom. The van der Waals surface area contributed by atoms with Gasteiger partial charge in [-0.15, -0.1) is 0 Å². The Bertz CT molecular complexity index is 659. The van der Waals surface area contributed by atoms with Gasteiger partial charge in [-0.05, 0) is 41.9 Å². The Balaban J connectivity index is 2.07. The average molecular weight is 337 g/mol. The number of carbonyl (C=O) groups excluding carboxylic acids is 1. The van der Waals surface area contributed by atoms with E-state index in [2.05, 4.69) is 10.6 Å². The van der Waals surface area contributed by atoms with Gasteiger partial charge in [0.2, 0.25) is 5.91 Å². The number of nitrogens with one attached hydrogen (secondary N) is 2. The molecular weight excluding hydrogens is 319 g/mol. The third-order valence-electron chi connectivity index (χ3n) is 3.22. The van der Waals surface area contributed by atoms with E-state index in [-0.39, 0.29) is 12.3 Å². The molecule has 3 nitrogen and oxygen atoms in total. The second-order valence-electron chi connectivity index (χ2n) is 4.90. The number of hydrogen-bond acceptors (Lipinski definition) is 2. The summed E-state index contributed by atoms with van der Waals surface area (Å²) in [6.45, 7) is 3.63. The fourth-order valence-corrected chi connectivity index (χ4v) is 2.48. The van der Waals surface area contributed by atoms with E-state index in [1.165, 1.54) is 0 Å². The van der Waals surface area contributed by atoms with Crippen molar-refractivity contribution in [1.82, 2.24) is 5.32 Å². The lowest BCUT2D eigenvalue weighted by molar-refractivity contribution is -0.115. The minimum atomic E-state index is -0.117. The van der Waals surface area contributed by atoms with Crippen LogP contribution in [0, 0.1) is 0 Å². The molecule has 2 aromatic rings. The van der Waals surface area contributed by atoms with Crippen LogP contribution < -0.4 is 10.6 Å². The van der Waals surface area contributed by atoms with Crippen molar-refractivity contribution in [2.24, 2.45) is 0 Å². The SMILES string of the molecule is CCNCc1ccccc1NC(=O)Cc1cc(Cl)ccc1Cl. The Labute approximate surface area is 140 Å². The van der Waals surface area contributed by atoms with E-state index in [9.17, 15) is 4.79 Å². The molecule has 22 heavy (non-hydrogen) atoms. The van der Waals surface area contributed by atoms with Gasteiger partial charge in [0.05, 0.1) is 6.42 Å². The van der Waals surface area contributed by atoms with E-state index in [1.807, 2.05) is 31.2 Å². The number of para-hydroxylation sites is 1. The van der Waals surface area contributed by atoms with Crippen molar-refractivity contribution in [3.63, 3.8) is 0 Å². The van der Waals surface area contributed by atoms with Crippen LogP contribution in [0.2, 0.25) is 10.0 Å². The second kappa shape index (κ2) is 8.18. The molecule has 2 aromatic carbocycles. The van der Waals surface area contributed by atoms with Crippen LogP contribution in [-0.2, 0) is 17.8 Å². The minimum Gasteiger partial charge on any atom is -0.325 e. The first-order valence-corrected chi connectivity index (χ1v) is 7.88. The Morgan fingerprint density at radius 2 is 1.86 bits per heavy atom. The summed E-state index contributed by atoms with van der Waals surface area (Å²) in [5, 5.41) is 7.30. The number of benzene rings is 2. The number of anilines is 1. The number of hydrogen-bond donors (Lipinski definition) is 2. The van der Waals surface area contributed by atoms with Gasteiger partial charge >= 0.3 is 0 Å². The predicted octanol–water partition coefficient (Wildman–Crippen LogP) is 4.28. The molecule has 0 radical (unpaired) electrons. The first kappa shape index (κ1) is 16.8. The lowest BCUT2D eigenvalue weighted by Gasteiger charge is -2.12. The zero-order chi connectivity index (χ0) is 15.9. The van der Waals surface area contributed by atoms with Gasteiger partial charge in [0.25, 0.3) is 0 Å². The molecule has 5 heteroatoms. The number of carbonyl (C=O) groups is 1. The molecular formula is C17H18Cl2N2O. The van der Waals surface area contributed by atoms with Crippen molar-refractivity contribution in [2.75, 3.05) is 11.9 Å². The van der Waals surface area contributed by atoms with Crippen molar-refractivity contribution < 1.29 is 4.79 Å². The van der Waals surface area contributed by atoms with Crippen molar-refractivity contribution in [1.29, 1.82) is 0 Å². The summed E-state index contributed by atoms with van der Waals surface area (Å²) in [4.78, 5) is 12.2. The van der Waals surface area contributed by atoms with Crippen LogP contribution in [0.3, 0.4) is 0 Å². The van der Waals surface area contributed by atoms with Crippen LogP contribution in [0.4, 0.5) is 5.69 Å². The van der Waals surface area contributed by atoms with Gasteiger partial charge in [0.15, 0.2) is 0 Å². The van der Waals surface area contributed by atoms with Crippen LogP contribution >= 0.6 is 23.2 Å². The quantitative estimate of drug-likeness (QED) is 0.826. The highest BCUT2D eigenvalue weighted by Crippen LogP contribution is 2.22. The molecule has 0 aliphatic carbocycles. The van der Waals surface area contributed by atoms with Gasteiger partial charge in [-0.2, -0.15) is 0 Å². The monoisotopic (exact) mass is 336 g/mol. The molecule has 2 N–H and O–H groups in total. The van der Waals surface area contributed by atoms with E-state index in [4.69, 9.17) is 23.2 Å².